The lowest BCUT2D eigenvalue weighted by Gasteiger charge is -2.38. The Morgan fingerprint density at radius 1 is 0.654 bits per heavy atom. The fraction of sp³-hybridized carbons (Fsp3) is 0.895. The van der Waals surface area contributed by atoms with E-state index < -0.39 is 52.2 Å². The van der Waals surface area contributed by atoms with Crippen molar-refractivity contribution in [2.24, 2.45) is 0 Å². The van der Waals surface area contributed by atoms with Crippen LogP contribution in [0.25, 0.3) is 0 Å². The molecule has 0 spiro atoms. The molecule has 0 aromatic heterocycles. The third-order valence-corrected chi connectivity index (χ3v) is 7.86. The van der Waals surface area contributed by atoms with Gasteiger partial charge in [0.15, 0.2) is 5.72 Å². The summed E-state index contributed by atoms with van der Waals surface area (Å²) in [7, 11) is 3.52. The van der Waals surface area contributed by atoms with E-state index in [0.717, 1.165) is 24.3 Å². The molecule has 0 aromatic rings. The van der Waals surface area contributed by atoms with Crippen LogP contribution in [0.5, 0.6) is 0 Å². The minimum atomic E-state index is -1.45. The van der Waals surface area contributed by atoms with Gasteiger partial charge in [-0.3, -0.25) is 9.59 Å². The molecule has 0 heterocycles. The van der Waals surface area contributed by atoms with E-state index in [0.29, 0.717) is 38.9 Å². The predicted molar refractivity (Wildman–Crippen MR) is 202 cm³/mol. The normalized spacial score (nSPS) is 13.7. The zero-order chi connectivity index (χ0) is 40.6. The number of ether oxygens (including phenoxy) is 6. The van der Waals surface area contributed by atoms with Crippen LogP contribution in [-0.2, 0) is 38.0 Å². The van der Waals surface area contributed by atoms with E-state index in [2.05, 4.69) is 16.0 Å². The highest BCUT2D eigenvalue weighted by atomic mass is 16.6. The molecule has 4 amide bonds. The number of carbonyl (C=O) groups excluding carboxylic acids is 4. The van der Waals surface area contributed by atoms with Gasteiger partial charge < -0.3 is 44.4 Å². The Labute approximate surface area is 314 Å². The van der Waals surface area contributed by atoms with Crippen molar-refractivity contribution in [3.05, 3.63) is 0 Å². The van der Waals surface area contributed by atoms with Gasteiger partial charge in [-0.1, -0.05) is 0 Å². The van der Waals surface area contributed by atoms with Gasteiger partial charge in [-0.05, 0) is 149 Å². The summed E-state index contributed by atoms with van der Waals surface area (Å²) in [6.07, 6.45) is 1.83. The van der Waals surface area contributed by atoms with Gasteiger partial charge in [0, 0.05) is 19.3 Å². The fourth-order valence-electron chi connectivity index (χ4n) is 4.71. The number of unbranched alkanes of at least 4 members (excludes halogenated alkanes) is 1. The Morgan fingerprint density at radius 3 is 1.65 bits per heavy atom. The highest BCUT2D eigenvalue weighted by molar-refractivity contribution is 5.89. The van der Waals surface area contributed by atoms with E-state index in [1.165, 1.54) is 0 Å². The smallest absolute Gasteiger partial charge is 0.422 e. The van der Waals surface area contributed by atoms with Crippen molar-refractivity contribution in [2.75, 3.05) is 47.1 Å². The van der Waals surface area contributed by atoms with Crippen LogP contribution in [0.3, 0.4) is 0 Å². The highest BCUT2D eigenvalue weighted by Gasteiger charge is 2.43. The van der Waals surface area contributed by atoms with Gasteiger partial charge in [0.05, 0.1) is 24.4 Å². The predicted octanol–water partition coefficient (Wildman–Crippen LogP) is 6.09. The second-order valence-corrected chi connectivity index (χ2v) is 17.6. The Morgan fingerprint density at radius 2 is 1.15 bits per heavy atom. The zero-order valence-corrected chi connectivity index (χ0v) is 35.4. The first kappa shape index (κ1) is 49.5. The molecule has 0 saturated carbocycles. The van der Waals surface area contributed by atoms with Crippen LogP contribution in [0.4, 0.5) is 9.59 Å². The van der Waals surface area contributed by atoms with Crippen molar-refractivity contribution in [1.82, 2.24) is 20.9 Å². The molecular formula is C38H74N4O10. The number of methoxy groups -OCH3 is 1. The molecule has 3 N–H and O–H groups in total. The third-order valence-electron chi connectivity index (χ3n) is 7.86. The minimum Gasteiger partial charge on any atom is -0.443 e. The summed E-state index contributed by atoms with van der Waals surface area (Å²) in [5, 5.41) is 9.01. The molecule has 0 radical (unpaired) electrons. The first-order chi connectivity index (χ1) is 23.6. The van der Waals surface area contributed by atoms with Gasteiger partial charge >= 0.3 is 12.2 Å². The summed E-state index contributed by atoms with van der Waals surface area (Å²) in [6, 6.07) is -0.785. The monoisotopic (exact) mass is 747 g/mol. The van der Waals surface area contributed by atoms with Crippen LogP contribution in [0.2, 0.25) is 0 Å². The molecule has 0 saturated heterocycles. The molecular weight excluding hydrogens is 672 g/mol. The van der Waals surface area contributed by atoms with Crippen LogP contribution in [0.15, 0.2) is 0 Å². The molecule has 0 aliphatic rings. The van der Waals surface area contributed by atoms with Crippen molar-refractivity contribution in [3.8, 4) is 0 Å². The molecule has 0 fully saturated rings. The minimum absolute atomic E-state index is 0.0672. The van der Waals surface area contributed by atoms with Gasteiger partial charge in [-0.2, -0.15) is 4.90 Å². The van der Waals surface area contributed by atoms with Crippen molar-refractivity contribution < 1.29 is 47.6 Å². The number of hydrogen-bond donors (Lipinski definition) is 3. The molecule has 14 nitrogen and oxygen atoms in total. The maximum absolute atomic E-state index is 13.6. The van der Waals surface area contributed by atoms with Crippen LogP contribution in [0, 0.1) is 0 Å². The summed E-state index contributed by atoms with van der Waals surface area (Å²) in [4.78, 5) is 53.8. The molecule has 0 rings (SSSR count). The van der Waals surface area contributed by atoms with Crippen molar-refractivity contribution in [2.45, 2.75) is 175 Å². The standard InChI is InChI=1S/C38H74N4O10/c1-33(2,3)51-31(45)42(32(46)52-34(4,5)6)38(13,14)49-25-20-35(7,8)41-30(44)28(19-17-18-23-39-15)40-29(43)27-50-37(11,12)22-26-48-36(9,10)21-24-47-16/h28,39H,17-27H2,1-16H3,(H,40,43)(H,41,44). The lowest BCUT2D eigenvalue weighted by atomic mass is 9.99. The summed E-state index contributed by atoms with van der Waals surface area (Å²) in [5.74, 6) is -0.729. The van der Waals surface area contributed by atoms with E-state index >= 15 is 0 Å². The molecule has 0 aliphatic carbocycles. The quantitative estimate of drug-likeness (QED) is 0.0820. The van der Waals surface area contributed by atoms with E-state index in [4.69, 9.17) is 28.4 Å². The van der Waals surface area contributed by atoms with Gasteiger partial charge in [0.1, 0.15) is 23.9 Å². The summed E-state index contributed by atoms with van der Waals surface area (Å²) in [6.45, 7) is 26.5. The topological polar surface area (TPSA) is 163 Å². The Balaban J connectivity index is 5.51. The molecule has 306 valence electrons. The average molecular weight is 747 g/mol. The number of nitrogens with zero attached hydrogens (tertiary/aromatic N) is 1. The van der Waals surface area contributed by atoms with Gasteiger partial charge in [-0.25, -0.2) is 9.59 Å². The van der Waals surface area contributed by atoms with Crippen molar-refractivity contribution in [1.29, 1.82) is 0 Å². The number of rotatable bonds is 23. The number of imide groups is 1. The SMILES string of the molecule is CNCCCCC(NC(=O)COC(C)(C)CCOC(C)(C)CCOC)C(=O)NC(C)(C)CCOC(C)(C)N(C(=O)OC(C)(C)C)C(=O)OC(C)(C)C. The molecule has 1 atom stereocenters. The molecule has 14 heteroatoms. The fourth-order valence-corrected chi connectivity index (χ4v) is 4.71. The van der Waals surface area contributed by atoms with E-state index in [-0.39, 0.29) is 24.7 Å². The van der Waals surface area contributed by atoms with Crippen molar-refractivity contribution >= 4 is 24.0 Å². The lowest BCUT2D eigenvalue weighted by Crippen LogP contribution is -2.56. The zero-order valence-electron chi connectivity index (χ0n) is 35.4. The van der Waals surface area contributed by atoms with Gasteiger partial charge in [0.2, 0.25) is 11.8 Å². The first-order valence-electron chi connectivity index (χ1n) is 18.5. The average Bonchev–Trinajstić information content (AvgIpc) is 2.93. The Hall–Kier alpha value is -2.52. The summed E-state index contributed by atoms with van der Waals surface area (Å²) in [5.41, 5.74) is -4.92. The number of carbonyl (C=O) groups is 4. The Bertz CT molecular complexity index is 1080. The molecule has 0 bridgehead atoms. The third kappa shape index (κ3) is 22.5. The Kier molecular flexibility index (Phi) is 20.4. The number of nitrogens with one attached hydrogen (secondary N) is 3. The van der Waals surface area contributed by atoms with Crippen LogP contribution >= 0.6 is 0 Å². The molecule has 0 aromatic carbocycles. The second kappa shape index (κ2) is 21.4. The molecule has 0 aliphatic heterocycles. The van der Waals surface area contributed by atoms with Crippen LogP contribution in [-0.4, -0.2) is 116 Å². The maximum atomic E-state index is 13.6. The summed E-state index contributed by atoms with van der Waals surface area (Å²) >= 11 is 0. The van der Waals surface area contributed by atoms with Crippen molar-refractivity contribution in [3.63, 3.8) is 0 Å². The maximum Gasteiger partial charge on any atom is 0.422 e. The lowest BCUT2D eigenvalue weighted by molar-refractivity contribution is -0.138. The largest absolute Gasteiger partial charge is 0.443 e. The first-order valence-corrected chi connectivity index (χ1v) is 18.5. The molecule has 52 heavy (non-hydrogen) atoms. The number of hydrogen-bond acceptors (Lipinski definition) is 11. The van der Waals surface area contributed by atoms with Crippen LogP contribution < -0.4 is 16.0 Å². The van der Waals surface area contributed by atoms with Gasteiger partial charge in [0.25, 0.3) is 0 Å². The number of amides is 4. The van der Waals surface area contributed by atoms with E-state index in [1.807, 2.05) is 48.6 Å². The van der Waals surface area contributed by atoms with Crippen LogP contribution in [0.1, 0.15) is 135 Å². The molecule has 1 unspecified atom stereocenters. The highest BCUT2D eigenvalue weighted by Crippen LogP contribution is 2.25. The van der Waals surface area contributed by atoms with E-state index in [9.17, 15) is 19.2 Å². The summed E-state index contributed by atoms with van der Waals surface area (Å²) < 4.78 is 34.2. The van der Waals surface area contributed by atoms with Gasteiger partial charge in [-0.15, -0.1) is 0 Å². The second-order valence-electron chi connectivity index (χ2n) is 17.6. The van der Waals surface area contributed by atoms with E-state index in [1.54, 1.807) is 62.5 Å².